The fraction of sp³-hybridized carbons (Fsp3) is 1.00. The van der Waals surface area contributed by atoms with Crippen molar-refractivity contribution in [1.82, 2.24) is 0 Å². The minimum Gasteiger partial charge on any atom is -0.393 e. The first-order valence-electron chi connectivity index (χ1n) is 7.67. The Morgan fingerprint density at radius 2 is 1.71 bits per heavy atom. The molecule has 3 unspecified atom stereocenters. The van der Waals surface area contributed by atoms with Crippen molar-refractivity contribution >= 4 is 0 Å². The van der Waals surface area contributed by atoms with Crippen molar-refractivity contribution in [3.63, 3.8) is 0 Å². The van der Waals surface area contributed by atoms with Crippen molar-refractivity contribution in [1.29, 1.82) is 0 Å². The second-order valence-electron chi connectivity index (χ2n) is 6.68. The summed E-state index contributed by atoms with van der Waals surface area (Å²) < 4.78 is 0. The van der Waals surface area contributed by atoms with Crippen LogP contribution in [0.4, 0.5) is 0 Å². The van der Waals surface area contributed by atoms with Gasteiger partial charge >= 0.3 is 0 Å². The van der Waals surface area contributed by atoms with Crippen molar-refractivity contribution < 1.29 is 5.11 Å². The molecule has 0 aliphatic heterocycles. The molecular weight excluding hydrogens is 208 g/mol. The second kappa shape index (κ2) is 6.78. The monoisotopic (exact) mass is 240 g/mol. The first kappa shape index (κ1) is 15.0. The van der Waals surface area contributed by atoms with Crippen molar-refractivity contribution in [2.24, 2.45) is 17.3 Å². The van der Waals surface area contributed by atoms with Gasteiger partial charge in [0, 0.05) is 0 Å². The van der Waals surface area contributed by atoms with Crippen molar-refractivity contribution in [3.05, 3.63) is 0 Å². The number of aliphatic hydroxyl groups excluding tert-OH is 1. The molecule has 1 nitrogen and oxygen atoms in total. The highest BCUT2D eigenvalue weighted by Gasteiger charge is 2.33. The molecule has 0 radical (unpaired) electrons. The Morgan fingerprint density at radius 1 is 1.12 bits per heavy atom. The Balaban J connectivity index is 2.43. The molecular formula is C16H32O. The average molecular weight is 240 g/mol. The molecule has 1 fully saturated rings. The van der Waals surface area contributed by atoms with E-state index in [1.165, 1.54) is 38.5 Å². The first-order chi connectivity index (χ1) is 7.99. The van der Waals surface area contributed by atoms with Gasteiger partial charge in [-0.2, -0.15) is 0 Å². The lowest BCUT2D eigenvalue weighted by Crippen LogP contribution is -2.31. The predicted molar refractivity (Wildman–Crippen MR) is 75.1 cm³/mol. The molecule has 0 saturated heterocycles. The van der Waals surface area contributed by atoms with Gasteiger partial charge in [0.15, 0.2) is 0 Å². The van der Waals surface area contributed by atoms with E-state index in [1.807, 2.05) is 0 Å². The second-order valence-corrected chi connectivity index (χ2v) is 6.68. The molecule has 1 aliphatic rings. The largest absolute Gasteiger partial charge is 0.393 e. The SMILES string of the molecule is CCCC(O)C(C)CC(C)C1(C)CCCCC1. The van der Waals surface area contributed by atoms with Crippen molar-refractivity contribution in [3.8, 4) is 0 Å². The topological polar surface area (TPSA) is 20.2 Å². The van der Waals surface area contributed by atoms with Crippen LogP contribution in [0.1, 0.15) is 79.1 Å². The standard InChI is InChI=1S/C16H32O/c1-5-9-15(17)13(2)12-14(3)16(4)10-7-6-8-11-16/h13-15,17H,5-12H2,1-4H3. The van der Waals surface area contributed by atoms with Crippen LogP contribution in [-0.4, -0.2) is 11.2 Å². The Morgan fingerprint density at radius 3 is 2.24 bits per heavy atom. The van der Waals surface area contributed by atoms with E-state index in [9.17, 15) is 5.11 Å². The van der Waals surface area contributed by atoms with E-state index < -0.39 is 0 Å². The van der Waals surface area contributed by atoms with Gasteiger partial charge in [0.05, 0.1) is 6.10 Å². The summed E-state index contributed by atoms with van der Waals surface area (Å²) in [5.74, 6) is 1.22. The molecule has 0 bridgehead atoms. The Hall–Kier alpha value is -0.0400. The van der Waals surface area contributed by atoms with Gasteiger partial charge < -0.3 is 5.11 Å². The zero-order valence-electron chi connectivity index (χ0n) is 12.3. The summed E-state index contributed by atoms with van der Waals surface area (Å²) in [6.45, 7) is 9.25. The lowest BCUT2D eigenvalue weighted by atomic mass is 9.65. The van der Waals surface area contributed by atoms with Gasteiger partial charge in [-0.3, -0.25) is 0 Å². The summed E-state index contributed by atoms with van der Waals surface area (Å²) in [5, 5.41) is 10.0. The molecule has 0 aromatic carbocycles. The van der Waals surface area contributed by atoms with Crippen LogP contribution in [0, 0.1) is 17.3 Å². The van der Waals surface area contributed by atoms with Crippen LogP contribution in [0.2, 0.25) is 0 Å². The summed E-state index contributed by atoms with van der Waals surface area (Å²) >= 11 is 0. The maximum atomic E-state index is 10.0. The zero-order valence-corrected chi connectivity index (χ0v) is 12.3. The van der Waals surface area contributed by atoms with Gasteiger partial charge in [0.25, 0.3) is 0 Å². The molecule has 102 valence electrons. The molecule has 1 heteroatoms. The molecule has 1 rings (SSSR count). The predicted octanol–water partition coefficient (Wildman–Crippen LogP) is 4.78. The fourth-order valence-electron chi connectivity index (χ4n) is 3.43. The normalized spacial score (nSPS) is 25.2. The minimum atomic E-state index is -0.0883. The quantitative estimate of drug-likeness (QED) is 0.708. The zero-order chi connectivity index (χ0) is 12.9. The Bertz CT molecular complexity index is 206. The molecule has 0 heterocycles. The lowest BCUT2D eigenvalue weighted by Gasteiger charge is -2.40. The smallest absolute Gasteiger partial charge is 0.0565 e. The first-order valence-corrected chi connectivity index (χ1v) is 7.67. The van der Waals surface area contributed by atoms with E-state index in [-0.39, 0.29) is 6.10 Å². The number of rotatable bonds is 6. The van der Waals surface area contributed by atoms with Crippen LogP contribution in [-0.2, 0) is 0 Å². The fourth-order valence-corrected chi connectivity index (χ4v) is 3.43. The van der Waals surface area contributed by atoms with Gasteiger partial charge in [-0.15, -0.1) is 0 Å². The summed E-state index contributed by atoms with van der Waals surface area (Å²) in [6.07, 6.45) is 10.2. The third-order valence-corrected chi connectivity index (χ3v) is 5.15. The van der Waals surface area contributed by atoms with E-state index >= 15 is 0 Å². The van der Waals surface area contributed by atoms with Gasteiger partial charge in [-0.05, 0) is 42.9 Å². The maximum Gasteiger partial charge on any atom is 0.0565 e. The molecule has 0 aromatic heterocycles. The third kappa shape index (κ3) is 4.28. The summed E-state index contributed by atoms with van der Waals surface area (Å²) in [7, 11) is 0. The molecule has 1 aliphatic carbocycles. The van der Waals surface area contributed by atoms with Crippen molar-refractivity contribution in [2.75, 3.05) is 0 Å². The summed E-state index contributed by atoms with van der Waals surface area (Å²) in [5.41, 5.74) is 0.540. The Labute approximate surface area is 108 Å². The van der Waals surface area contributed by atoms with E-state index in [0.717, 1.165) is 18.8 Å². The molecule has 3 atom stereocenters. The number of aliphatic hydroxyl groups is 1. The van der Waals surface area contributed by atoms with E-state index in [4.69, 9.17) is 0 Å². The van der Waals surface area contributed by atoms with Crippen molar-refractivity contribution in [2.45, 2.75) is 85.2 Å². The Kier molecular flexibility index (Phi) is 5.99. The third-order valence-electron chi connectivity index (χ3n) is 5.15. The number of hydrogen-bond acceptors (Lipinski definition) is 1. The van der Waals surface area contributed by atoms with E-state index in [0.29, 0.717) is 11.3 Å². The average Bonchev–Trinajstić information content (AvgIpc) is 2.30. The van der Waals surface area contributed by atoms with Crippen LogP contribution in [0.5, 0.6) is 0 Å². The van der Waals surface area contributed by atoms with Gasteiger partial charge in [-0.1, -0.05) is 53.4 Å². The van der Waals surface area contributed by atoms with Crippen LogP contribution >= 0.6 is 0 Å². The lowest BCUT2D eigenvalue weighted by molar-refractivity contribution is 0.0573. The molecule has 0 spiro atoms. The van der Waals surface area contributed by atoms with E-state index in [2.05, 4.69) is 27.7 Å². The van der Waals surface area contributed by atoms with Crippen LogP contribution < -0.4 is 0 Å². The highest BCUT2D eigenvalue weighted by atomic mass is 16.3. The highest BCUT2D eigenvalue weighted by Crippen LogP contribution is 2.44. The maximum absolute atomic E-state index is 10.0. The summed E-state index contributed by atoms with van der Waals surface area (Å²) in [4.78, 5) is 0. The minimum absolute atomic E-state index is 0.0883. The van der Waals surface area contributed by atoms with Crippen LogP contribution in [0.25, 0.3) is 0 Å². The molecule has 17 heavy (non-hydrogen) atoms. The molecule has 0 amide bonds. The van der Waals surface area contributed by atoms with Gasteiger partial charge in [0.1, 0.15) is 0 Å². The highest BCUT2D eigenvalue weighted by molar-refractivity contribution is 4.84. The molecule has 0 aromatic rings. The van der Waals surface area contributed by atoms with Crippen LogP contribution in [0.3, 0.4) is 0 Å². The van der Waals surface area contributed by atoms with E-state index in [1.54, 1.807) is 0 Å². The van der Waals surface area contributed by atoms with Gasteiger partial charge in [0.2, 0.25) is 0 Å². The molecule has 1 saturated carbocycles. The molecule has 1 N–H and O–H groups in total. The number of hydrogen-bond donors (Lipinski definition) is 1. The summed E-state index contributed by atoms with van der Waals surface area (Å²) in [6, 6.07) is 0. The van der Waals surface area contributed by atoms with Crippen LogP contribution in [0.15, 0.2) is 0 Å². The van der Waals surface area contributed by atoms with Gasteiger partial charge in [-0.25, -0.2) is 0 Å².